The highest BCUT2D eigenvalue weighted by atomic mass is 14.1. The van der Waals surface area contributed by atoms with Crippen molar-refractivity contribution in [1.29, 1.82) is 0 Å². The Kier molecular flexibility index (Phi) is 6.12. The van der Waals surface area contributed by atoms with E-state index in [4.69, 9.17) is 0 Å². The van der Waals surface area contributed by atoms with Gasteiger partial charge in [-0.15, -0.1) is 0 Å². The van der Waals surface area contributed by atoms with Crippen molar-refractivity contribution in [2.45, 2.75) is 46.5 Å². The zero-order chi connectivity index (χ0) is 7.11. The van der Waals surface area contributed by atoms with Gasteiger partial charge < -0.3 is 0 Å². The van der Waals surface area contributed by atoms with E-state index >= 15 is 0 Å². The minimum Gasteiger partial charge on any atom is -0.0654 e. The summed E-state index contributed by atoms with van der Waals surface area (Å²) >= 11 is 0. The first-order valence-electron chi connectivity index (χ1n) is 4.08. The van der Waals surface area contributed by atoms with Gasteiger partial charge in [-0.05, 0) is 18.8 Å². The molecule has 0 aromatic rings. The third kappa shape index (κ3) is 4.50. The summed E-state index contributed by atoms with van der Waals surface area (Å²) in [5.74, 6) is 0.755. The van der Waals surface area contributed by atoms with E-state index in [1.807, 2.05) is 0 Å². The van der Waals surface area contributed by atoms with Crippen LogP contribution in [0, 0.1) is 12.3 Å². The van der Waals surface area contributed by atoms with E-state index in [0.29, 0.717) is 0 Å². The van der Waals surface area contributed by atoms with Crippen molar-refractivity contribution in [1.82, 2.24) is 0 Å². The maximum atomic E-state index is 3.47. The van der Waals surface area contributed by atoms with Gasteiger partial charge in [0.1, 0.15) is 0 Å². The lowest BCUT2D eigenvalue weighted by Crippen LogP contribution is -1.96. The molecule has 0 atom stereocenters. The van der Waals surface area contributed by atoms with Crippen molar-refractivity contribution in [3.63, 3.8) is 0 Å². The molecule has 0 aromatic carbocycles. The Morgan fingerprint density at radius 3 is 2.00 bits per heavy atom. The van der Waals surface area contributed by atoms with E-state index in [9.17, 15) is 0 Å². The quantitative estimate of drug-likeness (QED) is 0.530. The third-order valence-corrected chi connectivity index (χ3v) is 1.67. The Labute approximate surface area is 59.7 Å². The summed E-state index contributed by atoms with van der Waals surface area (Å²) in [6.07, 6.45) is 8.41. The van der Waals surface area contributed by atoms with Gasteiger partial charge in [-0.25, -0.2) is 0 Å². The predicted octanol–water partition coefficient (Wildman–Crippen LogP) is 3.30. The normalized spacial score (nSPS) is 10.7. The summed E-state index contributed by atoms with van der Waals surface area (Å²) in [4.78, 5) is 0. The number of hydrogen-bond donors (Lipinski definition) is 0. The van der Waals surface area contributed by atoms with Gasteiger partial charge in [0.2, 0.25) is 0 Å². The van der Waals surface area contributed by atoms with Gasteiger partial charge >= 0.3 is 0 Å². The molecular formula is C9H18. The van der Waals surface area contributed by atoms with Crippen LogP contribution >= 0.6 is 0 Å². The molecule has 0 nitrogen and oxygen atoms in total. The van der Waals surface area contributed by atoms with Crippen LogP contribution in [0.15, 0.2) is 0 Å². The van der Waals surface area contributed by atoms with Crippen molar-refractivity contribution >= 4 is 0 Å². The lowest BCUT2D eigenvalue weighted by Gasteiger charge is -2.08. The molecule has 2 radical (unpaired) electrons. The zero-order valence-corrected chi connectivity index (χ0v) is 6.91. The average molecular weight is 126 g/mol. The maximum absolute atomic E-state index is 3.47. The zero-order valence-electron chi connectivity index (χ0n) is 6.91. The Morgan fingerprint density at radius 2 is 1.67 bits per heavy atom. The van der Waals surface area contributed by atoms with Gasteiger partial charge in [0.05, 0.1) is 0 Å². The van der Waals surface area contributed by atoms with Crippen LogP contribution in [0.2, 0.25) is 0 Å². The molecule has 0 spiro atoms. The fourth-order valence-corrected chi connectivity index (χ4v) is 0.926. The van der Waals surface area contributed by atoms with Crippen LogP contribution < -0.4 is 0 Å². The Morgan fingerprint density at radius 1 is 1.11 bits per heavy atom. The Hall–Kier alpha value is 0. The predicted molar refractivity (Wildman–Crippen MR) is 42.2 cm³/mol. The fraction of sp³-hybridized carbons (Fsp3) is 0.889. The third-order valence-electron chi connectivity index (χ3n) is 1.67. The summed E-state index contributed by atoms with van der Waals surface area (Å²) in [6.45, 7) is 6.67. The number of hydrogen-bond acceptors (Lipinski definition) is 0. The largest absolute Gasteiger partial charge is 0.0654 e. The van der Waals surface area contributed by atoms with Crippen molar-refractivity contribution in [2.24, 2.45) is 5.92 Å². The van der Waals surface area contributed by atoms with E-state index in [1.165, 1.54) is 25.7 Å². The molecule has 0 aliphatic rings. The number of rotatable bonds is 5. The van der Waals surface area contributed by atoms with Crippen molar-refractivity contribution in [3.05, 3.63) is 6.42 Å². The molecule has 0 fully saturated rings. The summed E-state index contributed by atoms with van der Waals surface area (Å²) in [7, 11) is 0. The molecule has 0 saturated heterocycles. The average Bonchev–Trinajstić information content (AvgIpc) is 1.91. The SMILES string of the molecule is CCC[C]C(CC)CC. The fourth-order valence-electron chi connectivity index (χ4n) is 0.926. The highest BCUT2D eigenvalue weighted by molar-refractivity contribution is 4.72. The van der Waals surface area contributed by atoms with Crippen molar-refractivity contribution in [3.8, 4) is 0 Å². The van der Waals surface area contributed by atoms with E-state index in [1.54, 1.807) is 0 Å². The molecule has 0 saturated carbocycles. The monoisotopic (exact) mass is 126 g/mol. The molecule has 0 amide bonds. The standard InChI is InChI=1S/C9H18/c1-4-7-8-9(5-2)6-3/h9H,4-7H2,1-3H3. The smallest absolute Gasteiger partial charge is 0.0140 e. The van der Waals surface area contributed by atoms with Gasteiger partial charge in [0, 0.05) is 0 Å². The molecule has 0 heterocycles. The molecule has 0 rings (SSSR count). The van der Waals surface area contributed by atoms with Crippen LogP contribution in [0.5, 0.6) is 0 Å². The lowest BCUT2D eigenvalue weighted by molar-refractivity contribution is 0.540. The Bertz CT molecular complexity index is 44.0. The van der Waals surface area contributed by atoms with Crippen molar-refractivity contribution in [2.75, 3.05) is 0 Å². The molecular weight excluding hydrogens is 108 g/mol. The molecule has 54 valence electrons. The van der Waals surface area contributed by atoms with Crippen LogP contribution in [0.25, 0.3) is 0 Å². The molecule has 0 aliphatic carbocycles. The first-order valence-corrected chi connectivity index (χ1v) is 4.08. The molecule has 0 aliphatic heterocycles. The second-order valence-electron chi connectivity index (χ2n) is 2.47. The molecule has 0 bridgehead atoms. The van der Waals surface area contributed by atoms with Gasteiger partial charge in [-0.1, -0.05) is 40.0 Å². The molecule has 9 heavy (non-hydrogen) atoms. The molecule has 0 aromatic heterocycles. The minimum atomic E-state index is 0.755. The topological polar surface area (TPSA) is 0 Å². The van der Waals surface area contributed by atoms with Crippen LogP contribution in [0.3, 0.4) is 0 Å². The first-order chi connectivity index (χ1) is 4.35. The van der Waals surface area contributed by atoms with Gasteiger partial charge in [0.25, 0.3) is 0 Å². The van der Waals surface area contributed by atoms with Crippen LogP contribution in [0.1, 0.15) is 46.5 Å². The second-order valence-corrected chi connectivity index (χ2v) is 2.47. The second kappa shape index (κ2) is 6.12. The van der Waals surface area contributed by atoms with E-state index in [-0.39, 0.29) is 0 Å². The highest BCUT2D eigenvalue weighted by Crippen LogP contribution is 2.13. The summed E-state index contributed by atoms with van der Waals surface area (Å²) in [6, 6.07) is 0. The molecule has 0 heteroatoms. The first kappa shape index (κ1) is 9.00. The maximum Gasteiger partial charge on any atom is -0.0140 e. The van der Waals surface area contributed by atoms with Crippen LogP contribution in [0.4, 0.5) is 0 Å². The van der Waals surface area contributed by atoms with Gasteiger partial charge in [-0.3, -0.25) is 0 Å². The molecule has 0 unspecified atom stereocenters. The minimum absolute atomic E-state index is 0.755. The lowest BCUT2D eigenvalue weighted by atomic mass is 9.97. The number of unbranched alkanes of at least 4 members (excludes halogenated alkanes) is 1. The summed E-state index contributed by atoms with van der Waals surface area (Å²) < 4.78 is 0. The van der Waals surface area contributed by atoms with Crippen molar-refractivity contribution < 1.29 is 0 Å². The van der Waals surface area contributed by atoms with Gasteiger partial charge in [-0.2, -0.15) is 0 Å². The van der Waals surface area contributed by atoms with E-state index in [0.717, 1.165) is 5.92 Å². The molecule has 0 N–H and O–H groups in total. The Balaban J connectivity index is 3.09. The van der Waals surface area contributed by atoms with Crippen LogP contribution in [-0.2, 0) is 0 Å². The van der Waals surface area contributed by atoms with Gasteiger partial charge in [0.15, 0.2) is 0 Å². The van der Waals surface area contributed by atoms with E-state index in [2.05, 4.69) is 27.2 Å². The van der Waals surface area contributed by atoms with E-state index < -0.39 is 0 Å². The summed E-state index contributed by atoms with van der Waals surface area (Å²) in [5, 5.41) is 0. The van der Waals surface area contributed by atoms with Crippen LogP contribution in [-0.4, -0.2) is 0 Å². The highest BCUT2D eigenvalue weighted by Gasteiger charge is 2.01. The summed E-state index contributed by atoms with van der Waals surface area (Å²) in [5.41, 5.74) is 0.